The van der Waals surface area contributed by atoms with Gasteiger partial charge in [-0.3, -0.25) is 9.89 Å². The van der Waals surface area contributed by atoms with Crippen LogP contribution in [0.2, 0.25) is 0 Å². The average molecular weight is 288 g/mol. The van der Waals surface area contributed by atoms with Crippen LogP contribution < -0.4 is 5.32 Å². The van der Waals surface area contributed by atoms with E-state index in [1.807, 2.05) is 52.0 Å². The summed E-state index contributed by atoms with van der Waals surface area (Å²) in [5.41, 5.74) is 1.87. The van der Waals surface area contributed by atoms with Gasteiger partial charge in [-0.15, -0.1) is 0 Å². The van der Waals surface area contributed by atoms with Crippen LogP contribution in [0.1, 0.15) is 61.3 Å². The highest BCUT2D eigenvalue weighted by Gasteiger charge is 2.14. The summed E-state index contributed by atoms with van der Waals surface area (Å²) in [7, 11) is 0. The zero-order chi connectivity index (χ0) is 15.8. The first-order chi connectivity index (χ1) is 10.1. The van der Waals surface area contributed by atoms with E-state index in [-0.39, 0.29) is 11.9 Å². The van der Waals surface area contributed by atoms with Gasteiger partial charge in [0.1, 0.15) is 5.82 Å². The fourth-order valence-corrected chi connectivity index (χ4v) is 1.79. The first-order valence-corrected chi connectivity index (χ1v) is 7.39. The Hall–Kier alpha value is -2.17. The van der Waals surface area contributed by atoms with Crippen LogP contribution in [-0.4, -0.2) is 21.1 Å². The molecule has 1 atom stereocenters. The number of carbonyl (C=O) groups is 1. The summed E-state index contributed by atoms with van der Waals surface area (Å²) in [6.07, 6.45) is 0.967. The van der Waals surface area contributed by atoms with Gasteiger partial charge in [0.2, 0.25) is 0 Å². The Labute approximate surface area is 126 Å². The SMILES string of the molecule is CC.CCc1ccc(C(=O)NC(C)c2n[nH]c(C)n2)cc1. The van der Waals surface area contributed by atoms with Crippen LogP contribution >= 0.6 is 0 Å². The molecule has 0 aliphatic heterocycles. The lowest BCUT2D eigenvalue weighted by Crippen LogP contribution is -2.27. The summed E-state index contributed by atoms with van der Waals surface area (Å²) < 4.78 is 0. The van der Waals surface area contributed by atoms with Crippen LogP contribution in [-0.2, 0) is 6.42 Å². The molecule has 0 fully saturated rings. The van der Waals surface area contributed by atoms with Crippen LogP contribution in [0, 0.1) is 6.92 Å². The van der Waals surface area contributed by atoms with Gasteiger partial charge in [0.05, 0.1) is 6.04 Å². The molecule has 2 rings (SSSR count). The van der Waals surface area contributed by atoms with Crippen molar-refractivity contribution in [3.63, 3.8) is 0 Å². The Morgan fingerprint density at radius 2 is 1.90 bits per heavy atom. The van der Waals surface area contributed by atoms with Crippen LogP contribution in [0.4, 0.5) is 0 Å². The summed E-state index contributed by atoms with van der Waals surface area (Å²) in [5, 5.41) is 9.68. The summed E-state index contributed by atoms with van der Waals surface area (Å²) in [6.45, 7) is 9.78. The zero-order valence-corrected chi connectivity index (χ0v) is 13.4. The van der Waals surface area contributed by atoms with E-state index in [1.54, 1.807) is 0 Å². The predicted octanol–water partition coefficient (Wildman–Crippen LogP) is 3.19. The Morgan fingerprint density at radius 3 is 2.38 bits per heavy atom. The minimum absolute atomic E-state index is 0.113. The maximum atomic E-state index is 12.1. The molecule has 21 heavy (non-hydrogen) atoms. The summed E-state index contributed by atoms with van der Waals surface area (Å²) in [4.78, 5) is 16.3. The van der Waals surface area contributed by atoms with Crippen molar-refractivity contribution < 1.29 is 4.79 Å². The van der Waals surface area contributed by atoms with E-state index in [4.69, 9.17) is 0 Å². The van der Waals surface area contributed by atoms with Gasteiger partial charge in [0.25, 0.3) is 5.91 Å². The first kappa shape index (κ1) is 16.9. The Balaban J connectivity index is 0.00000106. The van der Waals surface area contributed by atoms with Crippen molar-refractivity contribution >= 4 is 5.91 Å². The van der Waals surface area contributed by atoms with Gasteiger partial charge in [0.15, 0.2) is 5.82 Å². The smallest absolute Gasteiger partial charge is 0.251 e. The maximum Gasteiger partial charge on any atom is 0.251 e. The quantitative estimate of drug-likeness (QED) is 0.907. The fraction of sp³-hybridized carbons (Fsp3) is 0.438. The third kappa shape index (κ3) is 4.70. The van der Waals surface area contributed by atoms with E-state index >= 15 is 0 Å². The van der Waals surface area contributed by atoms with E-state index < -0.39 is 0 Å². The number of amides is 1. The molecule has 0 aliphatic carbocycles. The molecule has 0 bridgehead atoms. The highest BCUT2D eigenvalue weighted by Crippen LogP contribution is 2.09. The molecule has 5 nitrogen and oxygen atoms in total. The lowest BCUT2D eigenvalue weighted by Gasteiger charge is -2.10. The van der Waals surface area contributed by atoms with Crippen LogP contribution in [0.15, 0.2) is 24.3 Å². The summed E-state index contributed by atoms with van der Waals surface area (Å²) in [6, 6.07) is 7.39. The molecule has 1 unspecified atom stereocenters. The van der Waals surface area contributed by atoms with E-state index in [0.29, 0.717) is 11.4 Å². The Bertz CT molecular complexity index is 560. The summed E-state index contributed by atoms with van der Waals surface area (Å²) in [5.74, 6) is 1.22. The number of carbonyl (C=O) groups excluding carboxylic acids is 1. The largest absolute Gasteiger partial charge is 0.342 e. The van der Waals surface area contributed by atoms with E-state index in [9.17, 15) is 4.79 Å². The number of aromatic nitrogens is 3. The van der Waals surface area contributed by atoms with Gasteiger partial charge in [-0.1, -0.05) is 32.9 Å². The fourth-order valence-electron chi connectivity index (χ4n) is 1.79. The zero-order valence-electron chi connectivity index (χ0n) is 13.4. The number of rotatable bonds is 4. The number of nitrogens with zero attached hydrogens (tertiary/aromatic N) is 2. The third-order valence-electron chi connectivity index (χ3n) is 2.97. The van der Waals surface area contributed by atoms with E-state index in [2.05, 4.69) is 27.4 Å². The molecule has 0 aliphatic rings. The molecule has 5 heteroatoms. The van der Waals surface area contributed by atoms with Gasteiger partial charge in [0, 0.05) is 5.56 Å². The molecule has 1 aromatic heterocycles. The first-order valence-electron chi connectivity index (χ1n) is 7.39. The van der Waals surface area contributed by atoms with E-state index in [0.717, 1.165) is 12.2 Å². The molecule has 2 aromatic rings. The monoisotopic (exact) mass is 288 g/mol. The number of aryl methyl sites for hydroxylation is 2. The number of aromatic amines is 1. The highest BCUT2D eigenvalue weighted by atomic mass is 16.1. The Morgan fingerprint density at radius 1 is 1.29 bits per heavy atom. The molecular formula is C16H24N4O. The molecule has 0 saturated heterocycles. The van der Waals surface area contributed by atoms with E-state index in [1.165, 1.54) is 5.56 Å². The number of hydrogen-bond acceptors (Lipinski definition) is 3. The number of hydrogen-bond donors (Lipinski definition) is 2. The van der Waals surface area contributed by atoms with Gasteiger partial charge in [-0.05, 0) is 38.0 Å². The minimum Gasteiger partial charge on any atom is -0.342 e. The van der Waals surface area contributed by atoms with Crippen LogP contribution in [0.25, 0.3) is 0 Å². The third-order valence-corrected chi connectivity index (χ3v) is 2.97. The van der Waals surface area contributed by atoms with Gasteiger partial charge in [-0.2, -0.15) is 5.10 Å². The normalized spacial score (nSPS) is 11.3. The molecule has 0 saturated carbocycles. The van der Waals surface area contributed by atoms with Crippen molar-refractivity contribution in [2.24, 2.45) is 0 Å². The second kappa shape index (κ2) is 8.19. The minimum atomic E-state index is -0.219. The molecule has 0 radical (unpaired) electrons. The average Bonchev–Trinajstić information content (AvgIpc) is 2.96. The van der Waals surface area contributed by atoms with Crippen molar-refractivity contribution in [1.29, 1.82) is 0 Å². The topological polar surface area (TPSA) is 70.7 Å². The maximum absolute atomic E-state index is 12.1. The Kier molecular flexibility index (Phi) is 6.59. The van der Waals surface area contributed by atoms with Crippen molar-refractivity contribution in [2.75, 3.05) is 0 Å². The second-order valence-electron chi connectivity index (χ2n) is 4.52. The molecule has 1 amide bonds. The molecule has 0 spiro atoms. The standard InChI is InChI=1S/C14H18N4O.C2H6/c1-4-11-5-7-12(8-6-11)14(19)15-9(2)13-16-10(3)17-18-13;1-2/h5-9H,4H2,1-3H3,(H,15,19)(H,16,17,18);1-2H3. The lowest BCUT2D eigenvalue weighted by atomic mass is 10.1. The van der Waals surface area contributed by atoms with Crippen molar-refractivity contribution in [3.05, 3.63) is 47.0 Å². The van der Waals surface area contributed by atoms with Crippen molar-refractivity contribution in [1.82, 2.24) is 20.5 Å². The molecular weight excluding hydrogens is 264 g/mol. The lowest BCUT2D eigenvalue weighted by molar-refractivity contribution is 0.0938. The predicted molar refractivity (Wildman–Crippen MR) is 84.2 cm³/mol. The molecule has 1 aromatic carbocycles. The second-order valence-corrected chi connectivity index (χ2v) is 4.52. The van der Waals surface area contributed by atoms with Crippen LogP contribution in [0.5, 0.6) is 0 Å². The number of H-pyrrole nitrogens is 1. The van der Waals surface area contributed by atoms with Gasteiger partial charge >= 0.3 is 0 Å². The van der Waals surface area contributed by atoms with Crippen LogP contribution in [0.3, 0.4) is 0 Å². The van der Waals surface area contributed by atoms with Crippen molar-refractivity contribution in [3.8, 4) is 0 Å². The molecule has 2 N–H and O–H groups in total. The number of nitrogens with one attached hydrogen (secondary N) is 2. The van der Waals surface area contributed by atoms with Gasteiger partial charge in [-0.25, -0.2) is 4.98 Å². The van der Waals surface area contributed by atoms with Crippen molar-refractivity contribution in [2.45, 2.75) is 47.1 Å². The summed E-state index contributed by atoms with van der Waals surface area (Å²) >= 11 is 0. The van der Waals surface area contributed by atoms with Gasteiger partial charge < -0.3 is 5.32 Å². The number of benzene rings is 1. The molecule has 114 valence electrons. The highest BCUT2D eigenvalue weighted by molar-refractivity contribution is 5.94. The molecule has 1 heterocycles.